The molecule has 0 amide bonds. The Kier molecular flexibility index (Phi) is 9.75. The molecular weight excluding hydrogens is 473 g/mol. The molecule has 1 atom stereocenters. The van der Waals surface area contributed by atoms with E-state index in [9.17, 15) is 0 Å². The first-order valence-corrected chi connectivity index (χ1v) is 10.8. The molecule has 2 saturated heterocycles. The van der Waals surface area contributed by atoms with E-state index in [-0.39, 0.29) is 24.0 Å². The van der Waals surface area contributed by atoms with E-state index < -0.39 is 0 Å². The molecule has 6 nitrogen and oxygen atoms in total. The van der Waals surface area contributed by atoms with Crippen molar-refractivity contribution in [3.8, 4) is 0 Å². The summed E-state index contributed by atoms with van der Waals surface area (Å²) in [5.74, 6) is 1.57. The lowest BCUT2D eigenvalue weighted by molar-refractivity contribution is 0.0195. The summed E-state index contributed by atoms with van der Waals surface area (Å²) in [4.78, 5) is 14.6. The number of likely N-dealkylation sites (tertiary alicyclic amines) is 1. The number of nitrogens with zero attached hydrogens (tertiary/aromatic N) is 4. The molecule has 0 bridgehead atoms. The summed E-state index contributed by atoms with van der Waals surface area (Å²) in [5, 5.41) is 6.88. The van der Waals surface area contributed by atoms with Gasteiger partial charge in [-0.2, -0.15) is 0 Å². The Balaban J connectivity index is 0.00000261. The van der Waals surface area contributed by atoms with Gasteiger partial charge in [0.15, 0.2) is 5.96 Å². The largest absolute Gasteiger partial charge is 0.379 e. The molecule has 0 radical (unpaired) electrons. The smallest absolute Gasteiger partial charge is 0.193 e. The molecule has 3 rings (SSSR count). The van der Waals surface area contributed by atoms with Crippen LogP contribution in [0.1, 0.15) is 43.8 Å². The molecule has 2 aliphatic rings. The minimum atomic E-state index is 0. The predicted octanol–water partition coefficient (Wildman–Crippen LogP) is 2.80. The maximum Gasteiger partial charge on any atom is 0.193 e. The van der Waals surface area contributed by atoms with E-state index in [4.69, 9.17) is 14.7 Å². The molecule has 0 saturated carbocycles. The summed E-state index contributed by atoms with van der Waals surface area (Å²) < 4.78 is 5.49. The van der Waals surface area contributed by atoms with E-state index in [0.717, 1.165) is 64.9 Å². The average Bonchev–Trinajstić information content (AvgIpc) is 3.32. The molecule has 27 heavy (non-hydrogen) atoms. The summed E-state index contributed by atoms with van der Waals surface area (Å²) in [5.41, 5.74) is 1.17. The third-order valence-corrected chi connectivity index (χ3v) is 6.25. The van der Waals surface area contributed by atoms with Gasteiger partial charge >= 0.3 is 0 Å². The van der Waals surface area contributed by atoms with Gasteiger partial charge in [-0.3, -0.25) is 9.89 Å². The second-order valence-electron chi connectivity index (χ2n) is 7.35. The second kappa shape index (κ2) is 11.5. The molecule has 1 N–H and O–H groups in total. The van der Waals surface area contributed by atoms with Crippen LogP contribution in [0.4, 0.5) is 0 Å². The summed E-state index contributed by atoms with van der Waals surface area (Å²) in [6.07, 6.45) is 2.13. The predicted molar refractivity (Wildman–Crippen MR) is 124 cm³/mol. The number of halogens is 1. The van der Waals surface area contributed by atoms with Crippen molar-refractivity contribution in [2.75, 3.05) is 52.5 Å². The number of ether oxygens (including phenoxy) is 1. The molecule has 3 heterocycles. The van der Waals surface area contributed by atoms with Crippen molar-refractivity contribution in [3.05, 3.63) is 16.1 Å². The van der Waals surface area contributed by atoms with Gasteiger partial charge in [0.25, 0.3) is 0 Å². The van der Waals surface area contributed by atoms with E-state index >= 15 is 0 Å². The first-order valence-electron chi connectivity index (χ1n) is 9.96. The number of hydrogen-bond acceptors (Lipinski definition) is 5. The average molecular weight is 507 g/mol. The number of morpholine rings is 1. The lowest BCUT2D eigenvalue weighted by Gasteiger charge is -2.32. The zero-order valence-electron chi connectivity index (χ0n) is 16.8. The number of nitrogens with one attached hydrogen (secondary N) is 1. The standard InChI is InChI=1S/C19H33N5OS.HI/c1-4-20-19(21-7-5-16-14-26-18(22-16)15(2)3)24-8-6-17(13-24)23-9-11-25-12-10-23;/h14-15,17H,4-13H2,1-3H3,(H,20,21);1H. The quantitative estimate of drug-likeness (QED) is 0.365. The summed E-state index contributed by atoms with van der Waals surface area (Å²) in [6, 6.07) is 0.634. The van der Waals surface area contributed by atoms with Gasteiger partial charge < -0.3 is 15.0 Å². The van der Waals surface area contributed by atoms with Gasteiger partial charge in [0.2, 0.25) is 0 Å². The Bertz CT molecular complexity index is 588. The first-order chi connectivity index (χ1) is 12.7. The van der Waals surface area contributed by atoms with Gasteiger partial charge in [0.1, 0.15) is 0 Å². The molecule has 1 aromatic rings. The van der Waals surface area contributed by atoms with Crippen LogP contribution in [0.5, 0.6) is 0 Å². The first kappa shape index (κ1) is 22.8. The Morgan fingerprint density at radius 1 is 1.37 bits per heavy atom. The molecule has 1 aromatic heterocycles. The van der Waals surface area contributed by atoms with Crippen LogP contribution in [0.15, 0.2) is 10.4 Å². The summed E-state index contributed by atoms with van der Waals surface area (Å²) in [6.45, 7) is 14.3. The highest BCUT2D eigenvalue weighted by Crippen LogP contribution is 2.20. The van der Waals surface area contributed by atoms with Crippen molar-refractivity contribution < 1.29 is 4.74 Å². The molecule has 2 aliphatic heterocycles. The van der Waals surface area contributed by atoms with E-state index in [1.807, 2.05) is 0 Å². The van der Waals surface area contributed by atoms with Crippen LogP contribution in [0.3, 0.4) is 0 Å². The summed E-state index contributed by atoms with van der Waals surface area (Å²) >= 11 is 1.77. The highest BCUT2D eigenvalue weighted by molar-refractivity contribution is 14.0. The van der Waals surface area contributed by atoms with Crippen molar-refractivity contribution in [3.63, 3.8) is 0 Å². The Labute approximate surface area is 184 Å². The number of guanidine groups is 1. The van der Waals surface area contributed by atoms with Crippen molar-refractivity contribution in [2.45, 2.75) is 45.6 Å². The number of aliphatic imine (C=N–C) groups is 1. The Hall–Kier alpha value is -0.450. The highest BCUT2D eigenvalue weighted by atomic mass is 127. The molecule has 0 aliphatic carbocycles. The minimum Gasteiger partial charge on any atom is -0.379 e. The SMILES string of the molecule is CCNC(=NCCc1csc(C(C)C)n1)N1CCC(N2CCOCC2)C1.I. The summed E-state index contributed by atoms with van der Waals surface area (Å²) in [7, 11) is 0. The van der Waals surface area contributed by atoms with Crippen molar-refractivity contribution >= 4 is 41.3 Å². The van der Waals surface area contributed by atoms with Crippen LogP contribution >= 0.6 is 35.3 Å². The van der Waals surface area contributed by atoms with Crippen LogP contribution in [0, 0.1) is 0 Å². The molecule has 0 aromatic carbocycles. The lowest BCUT2D eigenvalue weighted by atomic mass is 10.2. The minimum absolute atomic E-state index is 0. The van der Waals surface area contributed by atoms with E-state index in [0.29, 0.717) is 12.0 Å². The van der Waals surface area contributed by atoms with Crippen molar-refractivity contribution in [1.29, 1.82) is 0 Å². The Morgan fingerprint density at radius 2 is 2.15 bits per heavy atom. The Morgan fingerprint density at radius 3 is 2.81 bits per heavy atom. The van der Waals surface area contributed by atoms with Crippen LogP contribution in [-0.4, -0.2) is 79.3 Å². The van der Waals surface area contributed by atoms with Crippen LogP contribution in [0.25, 0.3) is 0 Å². The lowest BCUT2D eigenvalue weighted by Crippen LogP contribution is -2.46. The van der Waals surface area contributed by atoms with Gasteiger partial charge in [-0.15, -0.1) is 35.3 Å². The zero-order chi connectivity index (χ0) is 18.4. The fourth-order valence-corrected chi connectivity index (χ4v) is 4.45. The van der Waals surface area contributed by atoms with Crippen molar-refractivity contribution in [2.24, 2.45) is 4.99 Å². The molecule has 8 heteroatoms. The number of hydrogen-bond donors (Lipinski definition) is 1. The van der Waals surface area contributed by atoms with Crippen LogP contribution < -0.4 is 5.32 Å². The number of aromatic nitrogens is 1. The van der Waals surface area contributed by atoms with Gasteiger partial charge in [0.05, 0.1) is 23.9 Å². The van der Waals surface area contributed by atoms with Gasteiger partial charge in [-0.25, -0.2) is 4.98 Å². The second-order valence-corrected chi connectivity index (χ2v) is 8.24. The van der Waals surface area contributed by atoms with Gasteiger partial charge in [-0.05, 0) is 13.3 Å². The van der Waals surface area contributed by atoms with E-state index in [2.05, 4.69) is 41.3 Å². The monoisotopic (exact) mass is 507 g/mol. The van der Waals surface area contributed by atoms with Crippen LogP contribution in [-0.2, 0) is 11.2 Å². The fourth-order valence-electron chi connectivity index (χ4n) is 3.58. The van der Waals surface area contributed by atoms with Gasteiger partial charge in [-0.1, -0.05) is 13.8 Å². The molecule has 0 spiro atoms. The topological polar surface area (TPSA) is 53.0 Å². The third-order valence-electron chi connectivity index (χ3n) is 5.05. The third kappa shape index (κ3) is 6.54. The fraction of sp³-hybridized carbons (Fsp3) is 0.789. The zero-order valence-corrected chi connectivity index (χ0v) is 20.0. The van der Waals surface area contributed by atoms with E-state index in [1.165, 1.54) is 17.1 Å². The molecule has 2 fully saturated rings. The molecular formula is C19H34IN5OS. The normalized spacial score (nSPS) is 21.6. The van der Waals surface area contributed by atoms with Gasteiger partial charge in [0, 0.05) is 63.0 Å². The number of rotatable bonds is 6. The van der Waals surface area contributed by atoms with Crippen molar-refractivity contribution in [1.82, 2.24) is 20.1 Å². The highest BCUT2D eigenvalue weighted by Gasteiger charge is 2.30. The molecule has 1 unspecified atom stereocenters. The number of thiazole rings is 1. The molecule has 154 valence electrons. The van der Waals surface area contributed by atoms with Crippen LogP contribution in [0.2, 0.25) is 0 Å². The maximum absolute atomic E-state index is 5.49. The maximum atomic E-state index is 5.49. The van der Waals surface area contributed by atoms with E-state index in [1.54, 1.807) is 11.3 Å².